The van der Waals surface area contributed by atoms with Crippen molar-refractivity contribution in [3.05, 3.63) is 0 Å². The van der Waals surface area contributed by atoms with E-state index in [-0.39, 0.29) is 0 Å². The Morgan fingerprint density at radius 3 is 2.83 bits per heavy atom. The van der Waals surface area contributed by atoms with Gasteiger partial charge in [-0.1, -0.05) is 20.3 Å². The number of nitrogens with one attached hydrogen (secondary N) is 1. The zero-order valence-corrected chi connectivity index (χ0v) is 8.05. The first-order valence-corrected chi connectivity index (χ1v) is 4.83. The lowest BCUT2D eigenvalue weighted by Crippen LogP contribution is -2.45. The summed E-state index contributed by atoms with van der Waals surface area (Å²) in [7, 11) is 0. The summed E-state index contributed by atoms with van der Waals surface area (Å²) >= 11 is 0. The van der Waals surface area contributed by atoms with Crippen LogP contribution >= 0.6 is 0 Å². The molecule has 0 radical (unpaired) electrons. The number of hydrogen-bond donors (Lipinski definition) is 2. The molecule has 0 aromatic carbocycles. The van der Waals surface area contributed by atoms with Crippen LogP contribution in [-0.2, 0) is 4.74 Å². The van der Waals surface area contributed by atoms with Gasteiger partial charge in [-0.05, 0) is 12.3 Å². The molecule has 3 atom stereocenters. The Kier molecular flexibility index (Phi) is 3.98. The maximum atomic E-state index is 5.52. The van der Waals surface area contributed by atoms with E-state index >= 15 is 0 Å². The van der Waals surface area contributed by atoms with E-state index in [1.165, 1.54) is 6.42 Å². The molecule has 1 saturated heterocycles. The number of hydrogen-bond acceptors (Lipinski definition) is 3. The summed E-state index contributed by atoms with van der Waals surface area (Å²) in [5.41, 5.74) is 2.91. The highest BCUT2D eigenvalue weighted by atomic mass is 16.5. The van der Waals surface area contributed by atoms with E-state index in [9.17, 15) is 0 Å². The standard InChI is InChI=1S/C9H20N2O/c1-3-7(2)9(11-10)8-4-5-12-6-8/h7-9,11H,3-6,10H2,1-2H3. The fourth-order valence-corrected chi connectivity index (χ4v) is 1.85. The van der Waals surface area contributed by atoms with E-state index < -0.39 is 0 Å². The van der Waals surface area contributed by atoms with Crippen molar-refractivity contribution < 1.29 is 4.74 Å². The number of ether oxygens (including phenoxy) is 1. The molecule has 3 nitrogen and oxygen atoms in total. The van der Waals surface area contributed by atoms with Crippen molar-refractivity contribution in [2.75, 3.05) is 13.2 Å². The van der Waals surface area contributed by atoms with Crippen molar-refractivity contribution >= 4 is 0 Å². The molecule has 1 heterocycles. The molecule has 3 heteroatoms. The van der Waals surface area contributed by atoms with Crippen molar-refractivity contribution in [2.24, 2.45) is 17.7 Å². The molecular formula is C9H20N2O. The van der Waals surface area contributed by atoms with Crippen molar-refractivity contribution in [3.63, 3.8) is 0 Å². The lowest BCUT2D eigenvalue weighted by Gasteiger charge is -2.26. The molecule has 0 aliphatic carbocycles. The Morgan fingerprint density at radius 1 is 1.67 bits per heavy atom. The van der Waals surface area contributed by atoms with Crippen LogP contribution in [0.1, 0.15) is 26.7 Å². The second-order valence-electron chi connectivity index (χ2n) is 3.70. The summed E-state index contributed by atoms with van der Waals surface area (Å²) in [5, 5.41) is 0. The SMILES string of the molecule is CCC(C)C(NN)C1CCOC1. The van der Waals surface area contributed by atoms with Crippen LogP contribution in [0.25, 0.3) is 0 Å². The molecule has 0 aromatic heterocycles. The van der Waals surface area contributed by atoms with Crippen molar-refractivity contribution in [2.45, 2.75) is 32.7 Å². The summed E-state index contributed by atoms with van der Waals surface area (Å²) in [6, 6.07) is 0.428. The van der Waals surface area contributed by atoms with Gasteiger partial charge in [0, 0.05) is 18.6 Å². The van der Waals surface area contributed by atoms with Gasteiger partial charge in [0.1, 0.15) is 0 Å². The Balaban J connectivity index is 2.42. The Hall–Kier alpha value is -0.120. The zero-order valence-electron chi connectivity index (χ0n) is 8.05. The van der Waals surface area contributed by atoms with Crippen molar-refractivity contribution in [3.8, 4) is 0 Å². The molecule has 0 spiro atoms. The largest absolute Gasteiger partial charge is 0.381 e. The van der Waals surface area contributed by atoms with Gasteiger partial charge < -0.3 is 4.74 Å². The maximum Gasteiger partial charge on any atom is 0.0510 e. The molecule has 12 heavy (non-hydrogen) atoms. The summed E-state index contributed by atoms with van der Waals surface area (Å²) in [4.78, 5) is 0. The summed E-state index contributed by atoms with van der Waals surface area (Å²) in [6.45, 7) is 6.21. The number of nitrogens with two attached hydrogens (primary N) is 1. The van der Waals surface area contributed by atoms with Crippen molar-refractivity contribution in [1.29, 1.82) is 0 Å². The van der Waals surface area contributed by atoms with Crippen LogP contribution in [0, 0.1) is 11.8 Å². The first-order chi connectivity index (χ1) is 5.79. The number of hydrazine groups is 1. The molecule has 72 valence electrons. The van der Waals surface area contributed by atoms with Crippen LogP contribution in [0.15, 0.2) is 0 Å². The van der Waals surface area contributed by atoms with Gasteiger partial charge in [-0.2, -0.15) is 0 Å². The predicted molar refractivity (Wildman–Crippen MR) is 49.5 cm³/mol. The van der Waals surface area contributed by atoms with E-state index in [0.717, 1.165) is 19.6 Å². The van der Waals surface area contributed by atoms with Crippen LogP contribution in [-0.4, -0.2) is 19.3 Å². The van der Waals surface area contributed by atoms with E-state index in [2.05, 4.69) is 19.3 Å². The minimum absolute atomic E-state index is 0.428. The Morgan fingerprint density at radius 2 is 2.42 bits per heavy atom. The zero-order chi connectivity index (χ0) is 8.97. The van der Waals surface area contributed by atoms with Crippen molar-refractivity contribution in [1.82, 2.24) is 5.43 Å². The van der Waals surface area contributed by atoms with Gasteiger partial charge in [0.05, 0.1) is 6.61 Å². The minimum atomic E-state index is 0.428. The van der Waals surface area contributed by atoms with Gasteiger partial charge in [-0.15, -0.1) is 0 Å². The minimum Gasteiger partial charge on any atom is -0.381 e. The maximum absolute atomic E-state index is 5.52. The van der Waals surface area contributed by atoms with E-state index in [1.54, 1.807) is 0 Å². The summed E-state index contributed by atoms with van der Waals surface area (Å²) < 4.78 is 5.34. The molecule has 0 aromatic rings. The molecule has 1 aliphatic heterocycles. The lowest BCUT2D eigenvalue weighted by molar-refractivity contribution is 0.166. The lowest BCUT2D eigenvalue weighted by atomic mass is 9.88. The fraction of sp³-hybridized carbons (Fsp3) is 1.00. The van der Waals surface area contributed by atoms with Gasteiger partial charge >= 0.3 is 0 Å². The second kappa shape index (κ2) is 4.80. The fourth-order valence-electron chi connectivity index (χ4n) is 1.85. The summed E-state index contributed by atoms with van der Waals surface area (Å²) in [6.07, 6.45) is 2.32. The number of rotatable bonds is 4. The van der Waals surface area contributed by atoms with Crippen LogP contribution < -0.4 is 11.3 Å². The smallest absolute Gasteiger partial charge is 0.0510 e. The third-order valence-corrected chi connectivity index (χ3v) is 2.92. The summed E-state index contributed by atoms with van der Waals surface area (Å²) in [5.74, 6) is 6.78. The topological polar surface area (TPSA) is 47.3 Å². The monoisotopic (exact) mass is 172 g/mol. The van der Waals surface area contributed by atoms with Gasteiger partial charge in [0.25, 0.3) is 0 Å². The average molecular weight is 172 g/mol. The molecule has 0 bridgehead atoms. The third kappa shape index (κ3) is 2.19. The third-order valence-electron chi connectivity index (χ3n) is 2.92. The van der Waals surface area contributed by atoms with Gasteiger partial charge in [0.2, 0.25) is 0 Å². The Bertz CT molecular complexity index is 124. The highest BCUT2D eigenvalue weighted by molar-refractivity contribution is 4.81. The van der Waals surface area contributed by atoms with E-state index in [1.807, 2.05) is 0 Å². The van der Waals surface area contributed by atoms with Gasteiger partial charge in [-0.3, -0.25) is 11.3 Å². The molecule has 3 unspecified atom stereocenters. The van der Waals surface area contributed by atoms with Crippen LogP contribution in [0.2, 0.25) is 0 Å². The first kappa shape index (κ1) is 9.96. The normalized spacial score (nSPS) is 28.8. The molecule has 1 aliphatic rings. The van der Waals surface area contributed by atoms with Gasteiger partial charge in [-0.25, -0.2) is 0 Å². The molecule has 0 amide bonds. The Labute approximate surface area is 74.6 Å². The van der Waals surface area contributed by atoms with Crippen LogP contribution in [0.4, 0.5) is 0 Å². The quantitative estimate of drug-likeness (QED) is 0.489. The van der Waals surface area contributed by atoms with Crippen LogP contribution in [0.3, 0.4) is 0 Å². The predicted octanol–water partition coefficient (Wildman–Crippen LogP) is 0.901. The highest BCUT2D eigenvalue weighted by Crippen LogP contribution is 2.22. The highest BCUT2D eigenvalue weighted by Gasteiger charge is 2.27. The molecule has 3 N–H and O–H groups in total. The first-order valence-electron chi connectivity index (χ1n) is 4.83. The molecule has 1 rings (SSSR count). The molecule has 0 saturated carbocycles. The van der Waals surface area contributed by atoms with E-state index in [4.69, 9.17) is 10.6 Å². The molecule has 1 fully saturated rings. The van der Waals surface area contributed by atoms with Gasteiger partial charge in [0.15, 0.2) is 0 Å². The average Bonchev–Trinajstić information content (AvgIpc) is 2.58. The van der Waals surface area contributed by atoms with E-state index in [0.29, 0.717) is 17.9 Å². The second-order valence-corrected chi connectivity index (χ2v) is 3.70. The molecular weight excluding hydrogens is 152 g/mol. The van der Waals surface area contributed by atoms with Crippen LogP contribution in [0.5, 0.6) is 0 Å².